The number of amides is 1. The molecule has 3 rings (SSSR count). The van der Waals surface area contributed by atoms with Gasteiger partial charge in [0.25, 0.3) is 5.91 Å². The van der Waals surface area contributed by atoms with Crippen LogP contribution in [0.3, 0.4) is 0 Å². The van der Waals surface area contributed by atoms with E-state index < -0.39 is 6.61 Å². The molecule has 1 fully saturated rings. The Morgan fingerprint density at radius 2 is 1.60 bits per heavy atom. The zero-order valence-electron chi connectivity index (χ0n) is 20.6. The molecule has 0 radical (unpaired) electrons. The van der Waals surface area contributed by atoms with Gasteiger partial charge in [-0.25, -0.2) is 4.99 Å². The summed E-state index contributed by atoms with van der Waals surface area (Å²) in [6.07, 6.45) is 1.74. The van der Waals surface area contributed by atoms with Gasteiger partial charge >= 0.3 is 6.61 Å². The molecule has 35 heavy (non-hydrogen) atoms. The number of carbonyl (C=O) groups is 1. The van der Waals surface area contributed by atoms with Gasteiger partial charge in [-0.2, -0.15) is 8.78 Å². The summed E-state index contributed by atoms with van der Waals surface area (Å²) in [4.78, 5) is 22.6. The Bertz CT molecular complexity index is 1050. The van der Waals surface area contributed by atoms with E-state index in [0.717, 1.165) is 5.75 Å². The number of nitrogens with zero attached hydrogens (tertiary/aromatic N) is 3. The molecule has 1 aliphatic rings. The number of ether oxygens (including phenoxy) is 2. The molecule has 2 aromatic rings. The van der Waals surface area contributed by atoms with Crippen LogP contribution in [-0.4, -0.2) is 59.8 Å². The predicted molar refractivity (Wildman–Crippen MR) is 137 cm³/mol. The number of hydrogen-bond acceptors (Lipinski definition) is 6. The SMILES string of the molecule is COc1ccc(N=C2S/C(=C\c3ccc(OC(F)F)cc3)C(=O)N2CCN(C(C)C)C(C)C)cc1. The van der Waals surface area contributed by atoms with Crippen LogP contribution in [-0.2, 0) is 4.79 Å². The number of hydrogen-bond donors (Lipinski definition) is 0. The Morgan fingerprint density at radius 1 is 1.00 bits per heavy atom. The zero-order valence-corrected chi connectivity index (χ0v) is 21.4. The third-order valence-corrected chi connectivity index (χ3v) is 6.50. The fourth-order valence-electron chi connectivity index (χ4n) is 3.78. The highest BCUT2D eigenvalue weighted by Gasteiger charge is 2.34. The largest absolute Gasteiger partial charge is 0.497 e. The number of carbonyl (C=O) groups excluding carboxylic acids is 1. The van der Waals surface area contributed by atoms with Crippen LogP contribution in [0.4, 0.5) is 14.5 Å². The average Bonchev–Trinajstić information content (AvgIpc) is 3.09. The molecular formula is C26H31F2N3O3S. The quantitative estimate of drug-likeness (QED) is 0.371. The summed E-state index contributed by atoms with van der Waals surface area (Å²) in [5.41, 5.74) is 1.42. The first-order chi connectivity index (χ1) is 16.7. The summed E-state index contributed by atoms with van der Waals surface area (Å²) >= 11 is 1.30. The van der Waals surface area contributed by atoms with Crippen molar-refractivity contribution >= 4 is 34.6 Å². The molecule has 1 aliphatic heterocycles. The van der Waals surface area contributed by atoms with Crippen LogP contribution in [0.15, 0.2) is 58.4 Å². The molecule has 0 saturated carbocycles. The number of halogens is 2. The lowest BCUT2D eigenvalue weighted by molar-refractivity contribution is -0.122. The summed E-state index contributed by atoms with van der Waals surface area (Å²) < 4.78 is 34.5. The Kier molecular flexibility index (Phi) is 9.28. The van der Waals surface area contributed by atoms with Gasteiger partial charge in [-0.1, -0.05) is 12.1 Å². The van der Waals surface area contributed by atoms with Crippen molar-refractivity contribution in [3.63, 3.8) is 0 Å². The van der Waals surface area contributed by atoms with Crippen LogP contribution in [0.5, 0.6) is 11.5 Å². The predicted octanol–water partition coefficient (Wildman–Crippen LogP) is 6.02. The lowest BCUT2D eigenvalue weighted by atomic mass is 10.2. The summed E-state index contributed by atoms with van der Waals surface area (Å²) in [5, 5.41) is 0.594. The van der Waals surface area contributed by atoms with Crippen molar-refractivity contribution in [2.45, 2.75) is 46.4 Å². The second-order valence-electron chi connectivity index (χ2n) is 8.53. The molecule has 1 saturated heterocycles. The van der Waals surface area contributed by atoms with Crippen molar-refractivity contribution in [3.05, 3.63) is 59.0 Å². The molecule has 0 aromatic heterocycles. The van der Waals surface area contributed by atoms with E-state index in [1.807, 2.05) is 24.3 Å². The molecule has 6 nitrogen and oxygen atoms in total. The number of amidine groups is 1. The van der Waals surface area contributed by atoms with Gasteiger partial charge < -0.3 is 9.47 Å². The van der Waals surface area contributed by atoms with Gasteiger partial charge in [0.1, 0.15) is 11.5 Å². The molecule has 0 spiro atoms. The second kappa shape index (κ2) is 12.2. The second-order valence-corrected chi connectivity index (χ2v) is 9.54. The highest BCUT2D eigenvalue weighted by Crippen LogP contribution is 2.34. The number of thioether (sulfide) groups is 1. The first kappa shape index (κ1) is 26.7. The minimum Gasteiger partial charge on any atom is -0.497 e. The molecule has 0 atom stereocenters. The summed E-state index contributed by atoms with van der Waals surface area (Å²) in [6.45, 7) is 6.87. The van der Waals surface area contributed by atoms with Gasteiger partial charge in [0.15, 0.2) is 5.17 Å². The van der Waals surface area contributed by atoms with Gasteiger partial charge in [0.05, 0.1) is 17.7 Å². The van der Waals surface area contributed by atoms with Gasteiger partial charge in [0, 0.05) is 25.2 Å². The van der Waals surface area contributed by atoms with E-state index in [1.165, 1.54) is 23.9 Å². The first-order valence-corrected chi connectivity index (χ1v) is 12.2. The third kappa shape index (κ3) is 7.29. The van der Waals surface area contributed by atoms with Crippen molar-refractivity contribution in [1.82, 2.24) is 9.80 Å². The Labute approximate surface area is 209 Å². The number of benzene rings is 2. The van der Waals surface area contributed by atoms with E-state index >= 15 is 0 Å². The topological polar surface area (TPSA) is 54.4 Å². The van der Waals surface area contributed by atoms with Crippen molar-refractivity contribution in [3.8, 4) is 11.5 Å². The molecule has 0 unspecified atom stereocenters. The highest BCUT2D eigenvalue weighted by molar-refractivity contribution is 8.18. The fourth-order valence-corrected chi connectivity index (χ4v) is 4.81. The zero-order chi connectivity index (χ0) is 25.5. The van der Waals surface area contributed by atoms with Gasteiger partial charge in [0.2, 0.25) is 0 Å². The minimum atomic E-state index is -2.88. The number of aliphatic imine (C=N–C) groups is 1. The van der Waals surface area contributed by atoms with E-state index in [1.54, 1.807) is 30.2 Å². The lowest BCUT2D eigenvalue weighted by Gasteiger charge is -2.31. The van der Waals surface area contributed by atoms with E-state index in [2.05, 4.69) is 37.3 Å². The molecule has 188 valence electrons. The van der Waals surface area contributed by atoms with E-state index in [-0.39, 0.29) is 11.7 Å². The summed E-state index contributed by atoms with van der Waals surface area (Å²) in [6, 6.07) is 14.2. The van der Waals surface area contributed by atoms with E-state index in [9.17, 15) is 13.6 Å². The van der Waals surface area contributed by atoms with E-state index in [0.29, 0.717) is 46.5 Å². The van der Waals surface area contributed by atoms with Crippen LogP contribution in [0.25, 0.3) is 6.08 Å². The maximum Gasteiger partial charge on any atom is 0.387 e. The highest BCUT2D eigenvalue weighted by atomic mass is 32.2. The summed E-state index contributed by atoms with van der Waals surface area (Å²) in [7, 11) is 1.60. The molecule has 0 N–H and O–H groups in total. The smallest absolute Gasteiger partial charge is 0.387 e. The molecular weight excluding hydrogens is 472 g/mol. The van der Waals surface area contributed by atoms with Crippen LogP contribution in [0.2, 0.25) is 0 Å². The van der Waals surface area contributed by atoms with Crippen molar-refractivity contribution in [1.29, 1.82) is 0 Å². The van der Waals surface area contributed by atoms with Gasteiger partial charge in [-0.05, 0) is 87.5 Å². The van der Waals surface area contributed by atoms with Gasteiger partial charge in [-0.15, -0.1) is 0 Å². The standard InChI is InChI=1S/C26H31F2N3O3S/c1-17(2)30(18(3)4)14-15-31-24(32)23(16-19-6-10-22(11-7-19)34-25(27)28)35-26(31)29-20-8-12-21(33-5)13-9-20/h6-13,16-18,25H,14-15H2,1-5H3/b23-16-,29-26?. The molecule has 1 amide bonds. The molecule has 0 bridgehead atoms. The minimum absolute atomic E-state index is 0.0680. The maximum atomic E-state index is 13.4. The van der Waals surface area contributed by atoms with Crippen molar-refractivity contribution < 1.29 is 23.0 Å². The average molecular weight is 504 g/mol. The normalized spacial score (nSPS) is 16.5. The summed E-state index contributed by atoms with van der Waals surface area (Å²) in [5.74, 6) is 0.659. The number of alkyl halides is 2. The maximum absolute atomic E-state index is 13.4. The van der Waals surface area contributed by atoms with Crippen molar-refractivity contribution in [2.75, 3.05) is 20.2 Å². The third-order valence-electron chi connectivity index (χ3n) is 5.50. The fraction of sp³-hybridized carbons (Fsp3) is 0.385. The van der Waals surface area contributed by atoms with Gasteiger partial charge in [-0.3, -0.25) is 14.6 Å². The molecule has 1 heterocycles. The molecule has 9 heteroatoms. The monoisotopic (exact) mass is 503 g/mol. The van der Waals surface area contributed by atoms with Crippen molar-refractivity contribution in [2.24, 2.45) is 4.99 Å². The van der Waals surface area contributed by atoms with Crippen LogP contribution in [0.1, 0.15) is 33.3 Å². The van der Waals surface area contributed by atoms with Crippen LogP contribution >= 0.6 is 11.8 Å². The first-order valence-electron chi connectivity index (χ1n) is 11.4. The Hall–Kier alpha value is -2.91. The lowest BCUT2D eigenvalue weighted by Crippen LogP contribution is -2.43. The van der Waals surface area contributed by atoms with Crippen LogP contribution < -0.4 is 9.47 Å². The Morgan fingerprint density at radius 3 is 2.14 bits per heavy atom. The van der Waals surface area contributed by atoms with Crippen LogP contribution in [0, 0.1) is 0 Å². The molecule has 2 aromatic carbocycles. The number of methoxy groups -OCH3 is 1. The number of rotatable bonds is 10. The van der Waals surface area contributed by atoms with E-state index in [4.69, 9.17) is 9.73 Å². The molecule has 0 aliphatic carbocycles. The Balaban J connectivity index is 1.87.